The maximum absolute atomic E-state index is 9.67. The van der Waals surface area contributed by atoms with Gasteiger partial charge in [0.05, 0.1) is 18.3 Å². The van der Waals surface area contributed by atoms with Gasteiger partial charge in [0.25, 0.3) is 0 Å². The standard InChI is InChI=1S/C9H16O2/c1-6-9(10)7-4-2-3-5-8(7)11-6/h6-10H,2-5H2,1H3/t6?,7-,8+,9+/m0/s1. The molecule has 11 heavy (non-hydrogen) atoms. The highest BCUT2D eigenvalue weighted by molar-refractivity contribution is 4.90. The molecule has 1 unspecified atom stereocenters. The van der Waals surface area contributed by atoms with Crippen LogP contribution in [0.25, 0.3) is 0 Å². The van der Waals surface area contributed by atoms with Crippen molar-refractivity contribution in [2.45, 2.75) is 50.9 Å². The lowest BCUT2D eigenvalue weighted by molar-refractivity contribution is 0.0157. The molecule has 0 radical (unpaired) electrons. The maximum atomic E-state index is 9.67. The summed E-state index contributed by atoms with van der Waals surface area (Å²) in [6, 6.07) is 0. The molecule has 0 spiro atoms. The molecule has 1 aliphatic heterocycles. The average Bonchev–Trinajstić information content (AvgIpc) is 2.30. The Morgan fingerprint density at radius 3 is 2.73 bits per heavy atom. The van der Waals surface area contributed by atoms with Crippen molar-refractivity contribution in [3.8, 4) is 0 Å². The van der Waals surface area contributed by atoms with Crippen molar-refractivity contribution in [2.24, 2.45) is 5.92 Å². The maximum Gasteiger partial charge on any atom is 0.0852 e. The number of ether oxygens (including phenoxy) is 1. The van der Waals surface area contributed by atoms with Crippen LogP contribution in [0.2, 0.25) is 0 Å². The fourth-order valence-corrected chi connectivity index (χ4v) is 2.39. The minimum atomic E-state index is -0.194. The van der Waals surface area contributed by atoms with Crippen molar-refractivity contribution in [2.75, 3.05) is 0 Å². The van der Waals surface area contributed by atoms with E-state index in [-0.39, 0.29) is 12.2 Å². The molecule has 2 nitrogen and oxygen atoms in total. The highest BCUT2D eigenvalue weighted by Gasteiger charge is 2.41. The predicted octanol–water partition coefficient (Wildman–Crippen LogP) is 1.32. The number of rotatable bonds is 0. The third-order valence-electron chi connectivity index (χ3n) is 3.06. The van der Waals surface area contributed by atoms with Crippen LogP contribution in [0.4, 0.5) is 0 Å². The highest BCUT2D eigenvalue weighted by Crippen LogP contribution is 2.37. The number of hydrogen-bond donors (Lipinski definition) is 1. The van der Waals surface area contributed by atoms with Crippen LogP contribution in [-0.2, 0) is 4.74 Å². The largest absolute Gasteiger partial charge is 0.390 e. The van der Waals surface area contributed by atoms with Gasteiger partial charge in [-0.1, -0.05) is 12.8 Å². The fraction of sp³-hybridized carbons (Fsp3) is 1.00. The van der Waals surface area contributed by atoms with E-state index in [1.54, 1.807) is 0 Å². The Labute approximate surface area is 67.6 Å². The molecule has 1 saturated carbocycles. The molecular weight excluding hydrogens is 140 g/mol. The number of aliphatic hydroxyl groups is 1. The van der Waals surface area contributed by atoms with Crippen molar-refractivity contribution in [3.05, 3.63) is 0 Å². The molecule has 0 aromatic heterocycles. The Balaban J connectivity index is 2.05. The molecule has 1 saturated heterocycles. The zero-order valence-electron chi connectivity index (χ0n) is 6.99. The summed E-state index contributed by atoms with van der Waals surface area (Å²) in [5.41, 5.74) is 0. The molecule has 2 fully saturated rings. The molecule has 0 bridgehead atoms. The lowest BCUT2D eigenvalue weighted by Crippen LogP contribution is -2.28. The van der Waals surface area contributed by atoms with Crippen LogP contribution in [0.5, 0.6) is 0 Å². The number of fused-ring (bicyclic) bond motifs is 1. The highest BCUT2D eigenvalue weighted by atomic mass is 16.5. The molecule has 0 amide bonds. The number of aliphatic hydroxyl groups excluding tert-OH is 1. The van der Waals surface area contributed by atoms with Crippen LogP contribution in [0.3, 0.4) is 0 Å². The van der Waals surface area contributed by atoms with Crippen LogP contribution in [-0.4, -0.2) is 23.4 Å². The summed E-state index contributed by atoms with van der Waals surface area (Å²) in [5, 5.41) is 9.67. The first-order chi connectivity index (χ1) is 5.29. The summed E-state index contributed by atoms with van der Waals surface area (Å²) in [4.78, 5) is 0. The SMILES string of the molecule is CC1O[C@@H]2CCCC[C@@H]2[C@@H]1O. The van der Waals surface area contributed by atoms with Gasteiger partial charge in [0.2, 0.25) is 0 Å². The van der Waals surface area contributed by atoms with Crippen LogP contribution in [0.1, 0.15) is 32.6 Å². The Morgan fingerprint density at radius 1 is 1.27 bits per heavy atom. The Morgan fingerprint density at radius 2 is 2.00 bits per heavy atom. The molecule has 2 aliphatic rings. The summed E-state index contributed by atoms with van der Waals surface area (Å²) in [6.45, 7) is 1.98. The van der Waals surface area contributed by atoms with E-state index in [9.17, 15) is 5.11 Å². The van der Waals surface area contributed by atoms with Crippen molar-refractivity contribution in [1.82, 2.24) is 0 Å². The second kappa shape index (κ2) is 2.76. The third kappa shape index (κ3) is 1.18. The molecule has 0 aromatic carbocycles. The van der Waals surface area contributed by atoms with E-state index >= 15 is 0 Å². The quantitative estimate of drug-likeness (QED) is 0.573. The van der Waals surface area contributed by atoms with Crippen LogP contribution in [0.15, 0.2) is 0 Å². The molecule has 0 aromatic rings. The van der Waals surface area contributed by atoms with Crippen molar-refractivity contribution in [3.63, 3.8) is 0 Å². The van der Waals surface area contributed by atoms with E-state index in [2.05, 4.69) is 0 Å². The van der Waals surface area contributed by atoms with Gasteiger partial charge >= 0.3 is 0 Å². The summed E-state index contributed by atoms with van der Waals surface area (Å²) in [7, 11) is 0. The van der Waals surface area contributed by atoms with Crippen LogP contribution < -0.4 is 0 Å². The summed E-state index contributed by atoms with van der Waals surface area (Å²) in [6.07, 6.45) is 5.12. The molecule has 1 aliphatic carbocycles. The van der Waals surface area contributed by atoms with Gasteiger partial charge in [-0.15, -0.1) is 0 Å². The van der Waals surface area contributed by atoms with E-state index < -0.39 is 0 Å². The lowest BCUT2D eigenvalue weighted by atomic mass is 9.84. The van der Waals surface area contributed by atoms with Gasteiger partial charge in [0.15, 0.2) is 0 Å². The molecular formula is C9H16O2. The van der Waals surface area contributed by atoms with Gasteiger partial charge in [-0.2, -0.15) is 0 Å². The second-order valence-corrected chi connectivity index (χ2v) is 3.82. The molecule has 1 heterocycles. The zero-order valence-corrected chi connectivity index (χ0v) is 6.99. The van der Waals surface area contributed by atoms with E-state index in [0.29, 0.717) is 12.0 Å². The average molecular weight is 156 g/mol. The summed E-state index contributed by atoms with van der Waals surface area (Å²) in [5.74, 6) is 0.443. The van der Waals surface area contributed by atoms with Crippen molar-refractivity contribution < 1.29 is 9.84 Å². The minimum Gasteiger partial charge on any atom is -0.390 e. The van der Waals surface area contributed by atoms with Gasteiger partial charge in [-0.25, -0.2) is 0 Å². The monoisotopic (exact) mass is 156 g/mol. The van der Waals surface area contributed by atoms with E-state index in [1.807, 2.05) is 6.92 Å². The lowest BCUT2D eigenvalue weighted by Gasteiger charge is -2.24. The van der Waals surface area contributed by atoms with Gasteiger partial charge in [-0.3, -0.25) is 0 Å². The molecule has 1 N–H and O–H groups in total. The van der Waals surface area contributed by atoms with Crippen molar-refractivity contribution in [1.29, 1.82) is 0 Å². The van der Waals surface area contributed by atoms with Gasteiger partial charge in [0, 0.05) is 5.92 Å². The fourth-order valence-electron chi connectivity index (χ4n) is 2.39. The first kappa shape index (κ1) is 7.56. The van der Waals surface area contributed by atoms with E-state index in [4.69, 9.17) is 4.74 Å². The van der Waals surface area contributed by atoms with E-state index in [0.717, 1.165) is 12.8 Å². The Hall–Kier alpha value is -0.0800. The minimum absolute atomic E-state index is 0.0723. The zero-order chi connectivity index (χ0) is 7.84. The summed E-state index contributed by atoms with van der Waals surface area (Å²) >= 11 is 0. The first-order valence-corrected chi connectivity index (χ1v) is 4.62. The third-order valence-corrected chi connectivity index (χ3v) is 3.06. The smallest absolute Gasteiger partial charge is 0.0852 e. The van der Waals surface area contributed by atoms with Crippen LogP contribution in [0, 0.1) is 5.92 Å². The van der Waals surface area contributed by atoms with Gasteiger partial charge in [-0.05, 0) is 19.8 Å². The second-order valence-electron chi connectivity index (χ2n) is 3.82. The Bertz CT molecular complexity index is 146. The number of hydrogen-bond acceptors (Lipinski definition) is 2. The topological polar surface area (TPSA) is 29.5 Å². The predicted molar refractivity (Wildman–Crippen MR) is 42.3 cm³/mol. The molecule has 2 rings (SSSR count). The van der Waals surface area contributed by atoms with Gasteiger partial charge in [0.1, 0.15) is 0 Å². The molecule has 64 valence electrons. The van der Waals surface area contributed by atoms with Crippen LogP contribution >= 0.6 is 0 Å². The Kier molecular flexibility index (Phi) is 1.90. The van der Waals surface area contributed by atoms with E-state index in [1.165, 1.54) is 12.8 Å². The summed E-state index contributed by atoms with van der Waals surface area (Å²) < 4.78 is 5.63. The first-order valence-electron chi connectivity index (χ1n) is 4.62. The molecule has 4 atom stereocenters. The van der Waals surface area contributed by atoms with Gasteiger partial charge < -0.3 is 9.84 Å². The normalized spacial score (nSPS) is 50.7. The molecule has 2 heteroatoms. The van der Waals surface area contributed by atoms with Crippen molar-refractivity contribution >= 4 is 0 Å².